The Morgan fingerprint density at radius 1 is 0.298 bits per heavy atom. The van der Waals surface area contributed by atoms with Crippen molar-refractivity contribution in [1.29, 1.82) is 0 Å². The molecule has 0 N–H and O–H groups in total. The fourth-order valence-electron chi connectivity index (χ4n) is 7.88. The standard InChI is InChI=1S/C46H88N/c1-4-7-10-13-16-19-22-25-28-31-37-42-47(45-46-40-35-34-36-41-46,43-38-32-29-26-23-20-17-14-11-8-5-2)44-39-33-30-27-24-21-18-15-12-9-6-3/h34-36,40-41H,4-33,37-39,42-45H2,1-3H3/q+1. The van der Waals surface area contributed by atoms with Gasteiger partial charge in [-0.1, -0.05) is 224 Å². The predicted octanol–water partition coefficient (Wildman–Crippen LogP) is 15.9. The first kappa shape index (κ1) is 44.2. The lowest BCUT2D eigenvalue weighted by molar-refractivity contribution is -0.941. The number of benzene rings is 1. The summed E-state index contributed by atoms with van der Waals surface area (Å²) in [7, 11) is 0. The van der Waals surface area contributed by atoms with E-state index in [0.717, 1.165) is 0 Å². The van der Waals surface area contributed by atoms with Gasteiger partial charge in [0.25, 0.3) is 0 Å². The summed E-state index contributed by atoms with van der Waals surface area (Å²) in [4.78, 5) is 0. The maximum absolute atomic E-state index is 2.41. The molecule has 1 aromatic rings. The first-order valence-corrected chi connectivity index (χ1v) is 22.2. The summed E-state index contributed by atoms with van der Waals surface area (Å²) in [6, 6.07) is 11.6. The fourth-order valence-corrected chi connectivity index (χ4v) is 7.88. The lowest BCUT2D eigenvalue weighted by Gasteiger charge is -2.39. The van der Waals surface area contributed by atoms with Gasteiger partial charge in [-0.2, -0.15) is 0 Å². The maximum atomic E-state index is 2.41. The quantitative estimate of drug-likeness (QED) is 0.0492. The van der Waals surface area contributed by atoms with E-state index in [9.17, 15) is 0 Å². The molecule has 0 unspecified atom stereocenters. The molecule has 0 saturated carbocycles. The van der Waals surface area contributed by atoms with Crippen molar-refractivity contribution in [2.75, 3.05) is 19.6 Å². The minimum absolute atomic E-state index is 1.26. The number of nitrogens with zero attached hydrogens (tertiary/aromatic N) is 1. The summed E-state index contributed by atoms with van der Waals surface area (Å²) in [6.07, 6.45) is 47.7. The van der Waals surface area contributed by atoms with Crippen LogP contribution in [0.4, 0.5) is 0 Å². The van der Waals surface area contributed by atoms with Gasteiger partial charge in [0, 0.05) is 5.56 Å². The molecule has 0 saturated heterocycles. The summed E-state index contributed by atoms with van der Waals surface area (Å²) in [6.45, 7) is 12.4. The summed E-state index contributed by atoms with van der Waals surface area (Å²) in [5.74, 6) is 0. The largest absolute Gasteiger partial charge is 0.320 e. The lowest BCUT2D eigenvalue weighted by Crippen LogP contribution is -2.49. The van der Waals surface area contributed by atoms with Gasteiger partial charge >= 0.3 is 0 Å². The van der Waals surface area contributed by atoms with Gasteiger partial charge in [-0.15, -0.1) is 0 Å². The summed E-state index contributed by atoms with van der Waals surface area (Å²) < 4.78 is 1.36. The Hall–Kier alpha value is -0.820. The van der Waals surface area contributed by atoms with Gasteiger partial charge in [0.2, 0.25) is 0 Å². The zero-order chi connectivity index (χ0) is 33.8. The van der Waals surface area contributed by atoms with Crippen LogP contribution in [0.1, 0.15) is 238 Å². The average Bonchev–Trinajstić information content (AvgIpc) is 3.09. The molecule has 1 rings (SSSR count). The highest BCUT2D eigenvalue weighted by atomic mass is 15.3. The van der Waals surface area contributed by atoms with Gasteiger partial charge in [-0.05, 0) is 38.5 Å². The molecule has 0 fully saturated rings. The topological polar surface area (TPSA) is 0 Å². The molecule has 276 valence electrons. The fraction of sp³-hybridized carbons (Fsp3) is 0.870. The first-order valence-electron chi connectivity index (χ1n) is 22.2. The third kappa shape index (κ3) is 28.7. The lowest BCUT2D eigenvalue weighted by atomic mass is 10.0. The van der Waals surface area contributed by atoms with Crippen molar-refractivity contribution in [3.63, 3.8) is 0 Å². The molecule has 1 heteroatoms. The van der Waals surface area contributed by atoms with Crippen molar-refractivity contribution < 1.29 is 4.48 Å². The molecule has 0 atom stereocenters. The van der Waals surface area contributed by atoms with Crippen molar-refractivity contribution in [2.24, 2.45) is 0 Å². The zero-order valence-corrected chi connectivity index (χ0v) is 33.0. The van der Waals surface area contributed by atoms with Crippen LogP contribution in [-0.2, 0) is 6.54 Å². The normalized spacial score (nSPS) is 11.9. The Morgan fingerprint density at radius 2 is 0.532 bits per heavy atom. The second-order valence-corrected chi connectivity index (χ2v) is 15.8. The molecule has 0 heterocycles. The van der Waals surface area contributed by atoms with Crippen molar-refractivity contribution in [3.8, 4) is 0 Å². The molecular formula is C46H88N+. The minimum Gasteiger partial charge on any atom is -0.320 e. The van der Waals surface area contributed by atoms with Crippen molar-refractivity contribution in [2.45, 2.75) is 239 Å². The second-order valence-electron chi connectivity index (χ2n) is 15.8. The van der Waals surface area contributed by atoms with E-state index in [0.29, 0.717) is 0 Å². The molecule has 47 heavy (non-hydrogen) atoms. The van der Waals surface area contributed by atoms with E-state index in [1.807, 2.05) is 0 Å². The Morgan fingerprint density at radius 3 is 0.787 bits per heavy atom. The Labute approximate surface area is 298 Å². The van der Waals surface area contributed by atoms with Crippen LogP contribution >= 0.6 is 0 Å². The smallest absolute Gasteiger partial charge is 0.104 e. The van der Waals surface area contributed by atoms with E-state index in [1.54, 1.807) is 5.56 Å². The third-order valence-corrected chi connectivity index (χ3v) is 11.1. The Balaban J connectivity index is 2.55. The molecule has 0 aliphatic heterocycles. The van der Waals surface area contributed by atoms with Gasteiger partial charge in [-0.3, -0.25) is 0 Å². The first-order chi connectivity index (χ1) is 23.3. The van der Waals surface area contributed by atoms with E-state index >= 15 is 0 Å². The van der Waals surface area contributed by atoms with Gasteiger partial charge in [-0.25, -0.2) is 0 Å². The summed E-state index contributed by atoms with van der Waals surface area (Å²) in [5.41, 5.74) is 1.57. The summed E-state index contributed by atoms with van der Waals surface area (Å²) in [5, 5.41) is 0. The number of hydrogen-bond donors (Lipinski definition) is 0. The van der Waals surface area contributed by atoms with Gasteiger partial charge in [0.15, 0.2) is 0 Å². The number of quaternary nitrogens is 1. The third-order valence-electron chi connectivity index (χ3n) is 11.1. The minimum atomic E-state index is 1.26. The summed E-state index contributed by atoms with van der Waals surface area (Å²) >= 11 is 0. The van der Waals surface area contributed by atoms with Crippen LogP contribution in [0.3, 0.4) is 0 Å². The molecule has 0 bridgehead atoms. The molecule has 0 aliphatic rings. The van der Waals surface area contributed by atoms with Crippen LogP contribution in [0, 0.1) is 0 Å². The monoisotopic (exact) mass is 655 g/mol. The Bertz CT molecular complexity index is 646. The van der Waals surface area contributed by atoms with E-state index in [2.05, 4.69) is 51.1 Å². The van der Waals surface area contributed by atoms with Crippen LogP contribution in [0.2, 0.25) is 0 Å². The molecule has 0 aliphatic carbocycles. The van der Waals surface area contributed by atoms with Gasteiger partial charge < -0.3 is 4.48 Å². The molecule has 0 aromatic heterocycles. The van der Waals surface area contributed by atoms with E-state index in [1.165, 1.54) is 243 Å². The number of unbranched alkanes of at least 4 members (excludes halogenated alkanes) is 30. The second kappa shape index (κ2) is 35.0. The highest BCUT2D eigenvalue weighted by Crippen LogP contribution is 2.23. The van der Waals surface area contributed by atoms with E-state index in [4.69, 9.17) is 0 Å². The van der Waals surface area contributed by atoms with Crippen LogP contribution in [0.25, 0.3) is 0 Å². The highest BCUT2D eigenvalue weighted by Gasteiger charge is 2.26. The van der Waals surface area contributed by atoms with Crippen molar-refractivity contribution in [3.05, 3.63) is 35.9 Å². The molecule has 1 aromatic carbocycles. The SMILES string of the molecule is CCCCCCCCCCCCC[N+](CCCCCCCCCCCCC)(CCCCCCCCCCCCC)Cc1ccccc1. The number of hydrogen-bond acceptors (Lipinski definition) is 0. The molecule has 1 nitrogen and oxygen atoms in total. The number of rotatable bonds is 38. The zero-order valence-electron chi connectivity index (χ0n) is 33.0. The molecule has 0 amide bonds. The highest BCUT2D eigenvalue weighted by molar-refractivity contribution is 5.13. The Kier molecular flexibility index (Phi) is 32.9. The molecule has 0 spiro atoms. The molecule has 0 radical (unpaired) electrons. The van der Waals surface area contributed by atoms with Crippen molar-refractivity contribution in [1.82, 2.24) is 0 Å². The van der Waals surface area contributed by atoms with Crippen molar-refractivity contribution >= 4 is 0 Å². The van der Waals surface area contributed by atoms with Gasteiger partial charge in [0.1, 0.15) is 6.54 Å². The predicted molar refractivity (Wildman–Crippen MR) is 214 cm³/mol. The van der Waals surface area contributed by atoms with E-state index in [-0.39, 0.29) is 0 Å². The van der Waals surface area contributed by atoms with Crippen LogP contribution in [0.5, 0.6) is 0 Å². The van der Waals surface area contributed by atoms with Crippen LogP contribution < -0.4 is 0 Å². The van der Waals surface area contributed by atoms with E-state index < -0.39 is 0 Å². The van der Waals surface area contributed by atoms with Gasteiger partial charge in [0.05, 0.1) is 19.6 Å². The van der Waals surface area contributed by atoms with Crippen LogP contribution in [0.15, 0.2) is 30.3 Å². The van der Waals surface area contributed by atoms with Crippen LogP contribution in [-0.4, -0.2) is 24.1 Å². The average molecular weight is 655 g/mol. The maximum Gasteiger partial charge on any atom is 0.104 e. The molecular weight excluding hydrogens is 567 g/mol.